The van der Waals surface area contributed by atoms with Gasteiger partial charge in [0, 0.05) is 25.0 Å². The van der Waals surface area contributed by atoms with Gasteiger partial charge in [0.15, 0.2) is 5.96 Å². The fourth-order valence-corrected chi connectivity index (χ4v) is 3.06. The highest BCUT2D eigenvalue weighted by Gasteiger charge is 2.09. The van der Waals surface area contributed by atoms with Gasteiger partial charge in [-0.15, -0.1) is 0 Å². The summed E-state index contributed by atoms with van der Waals surface area (Å²) in [6, 6.07) is 10.0. The van der Waals surface area contributed by atoms with E-state index in [1.54, 1.807) is 0 Å². The first-order valence-electron chi connectivity index (χ1n) is 8.61. The van der Waals surface area contributed by atoms with Crippen molar-refractivity contribution < 1.29 is 8.42 Å². The molecule has 0 aliphatic rings. The molecule has 7 nitrogen and oxygen atoms in total. The zero-order chi connectivity index (χ0) is 19.2. The Bertz CT molecular complexity index is 871. The van der Waals surface area contributed by atoms with E-state index >= 15 is 0 Å². The van der Waals surface area contributed by atoms with Crippen LogP contribution in [0.4, 0.5) is 0 Å². The molecule has 0 spiro atoms. The molecule has 1 heterocycles. The predicted octanol–water partition coefficient (Wildman–Crippen LogP) is 1.59. The van der Waals surface area contributed by atoms with Crippen molar-refractivity contribution in [2.24, 2.45) is 4.99 Å². The van der Waals surface area contributed by atoms with Crippen LogP contribution in [0.5, 0.6) is 0 Å². The molecule has 0 saturated carbocycles. The molecule has 0 aliphatic carbocycles. The first-order valence-corrected chi connectivity index (χ1v) is 10.7. The standard InChI is InChI=1S/C18H27N5O2S/c1-5-19-18(20-10-11-26(4,24)25)21-13-16-8-6-7-9-17(16)23-15(3)12-14(2)22-23/h6-9,12H,5,10-11,13H2,1-4H3,(H2,19,20,21). The summed E-state index contributed by atoms with van der Waals surface area (Å²) in [7, 11) is -3.00. The van der Waals surface area contributed by atoms with E-state index in [4.69, 9.17) is 0 Å². The molecule has 0 atom stereocenters. The zero-order valence-electron chi connectivity index (χ0n) is 15.8. The van der Waals surface area contributed by atoms with Crippen LogP contribution in [0.3, 0.4) is 0 Å². The Balaban J connectivity index is 2.17. The van der Waals surface area contributed by atoms with Gasteiger partial charge in [0.2, 0.25) is 0 Å². The summed E-state index contributed by atoms with van der Waals surface area (Å²) in [5.74, 6) is 0.666. The normalized spacial score (nSPS) is 12.2. The lowest BCUT2D eigenvalue weighted by Gasteiger charge is -2.13. The van der Waals surface area contributed by atoms with Crippen molar-refractivity contribution in [3.8, 4) is 5.69 Å². The number of aromatic nitrogens is 2. The number of aryl methyl sites for hydroxylation is 2. The number of para-hydroxylation sites is 1. The Morgan fingerprint density at radius 2 is 1.96 bits per heavy atom. The Hall–Kier alpha value is -2.35. The molecule has 0 amide bonds. The lowest BCUT2D eigenvalue weighted by molar-refractivity contribution is 0.600. The monoisotopic (exact) mass is 377 g/mol. The summed E-state index contributed by atoms with van der Waals surface area (Å²) in [6.45, 7) is 7.45. The van der Waals surface area contributed by atoms with Gasteiger partial charge in [0.05, 0.1) is 23.7 Å². The first kappa shape index (κ1) is 20.0. The van der Waals surface area contributed by atoms with Gasteiger partial charge in [-0.25, -0.2) is 18.1 Å². The topological polar surface area (TPSA) is 88.4 Å². The number of hydrogen-bond acceptors (Lipinski definition) is 4. The van der Waals surface area contributed by atoms with Crippen molar-refractivity contribution >= 4 is 15.8 Å². The number of benzene rings is 1. The molecule has 142 valence electrons. The highest BCUT2D eigenvalue weighted by atomic mass is 32.2. The third-order valence-electron chi connectivity index (χ3n) is 3.75. The van der Waals surface area contributed by atoms with Gasteiger partial charge >= 0.3 is 0 Å². The SMILES string of the molecule is CCNC(=NCc1ccccc1-n1nc(C)cc1C)NCCS(C)(=O)=O. The van der Waals surface area contributed by atoms with E-state index in [-0.39, 0.29) is 5.75 Å². The van der Waals surface area contributed by atoms with Crippen LogP contribution in [0, 0.1) is 13.8 Å². The number of rotatable bonds is 7. The van der Waals surface area contributed by atoms with E-state index in [2.05, 4.69) is 20.7 Å². The van der Waals surface area contributed by atoms with Gasteiger partial charge in [-0.1, -0.05) is 18.2 Å². The van der Waals surface area contributed by atoms with Crippen LogP contribution in [0.15, 0.2) is 35.3 Å². The van der Waals surface area contributed by atoms with Crippen molar-refractivity contribution in [1.82, 2.24) is 20.4 Å². The Labute approximate surface area is 155 Å². The summed E-state index contributed by atoms with van der Waals surface area (Å²) in [4.78, 5) is 4.58. The smallest absolute Gasteiger partial charge is 0.191 e. The molecule has 2 rings (SSSR count). The highest BCUT2D eigenvalue weighted by molar-refractivity contribution is 7.90. The quantitative estimate of drug-likeness (QED) is 0.565. The van der Waals surface area contributed by atoms with Gasteiger partial charge in [-0.2, -0.15) is 5.10 Å². The molecule has 0 saturated heterocycles. The summed E-state index contributed by atoms with van der Waals surface area (Å²) >= 11 is 0. The third-order valence-corrected chi connectivity index (χ3v) is 4.69. The summed E-state index contributed by atoms with van der Waals surface area (Å²) in [6.07, 6.45) is 1.23. The molecule has 0 radical (unpaired) electrons. The number of guanidine groups is 1. The molecule has 26 heavy (non-hydrogen) atoms. The average molecular weight is 378 g/mol. The third kappa shape index (κ3) is 5.87. The minimum absolute atomic E-state index is 0.0692. The molecule has 0 aliphatic heterocycles. The van der Waals surface area contributed by atoms with Crippen molar-refractivity contribution in [2.45, 2.75) is 27.3 Å². The van der Waals surface area contributed by atoms with Gasteiger partial charge in [-0.05, 0) is 38.5 Å². The molecule has 1 aromatic heterocycles. The lowest BCUT2D eigenvalue weighted by atomic mass is 10.2. The van der Waals surface area contributed by atoms with Crippen molar-refractivity contribution in [1.29, 1.82) is 0 Å². The van der Waals surface area contributed by atoms with Crippen LogP contribution in [-0.2, 0) is 16.4 Å². The van der Waals surface area contributed by atoms with E-state index in [0.29, 0.717) is 25.6 Å². The Kier molecular flexibility index (Phi) is 6.79. The van der Waals surface area contributed by atoms with E-state index < -0.39 is 9.84 Å². The fraction of sp³-hybridized carbons (Fsp3) is 0.444. The number of nitrogens with zero attached hydrogens (tertiary/aromatic N) is 3. The number of sulfone groups is 1. The Morgan fingerprint density at radius 3 is 2.58 bits per heavy atom. The van der Waals surface area contributed by atoms with E-state index in [1.807, 2.05) is 55.8 Å². The lowest BCUT2D eigenvalue weighted by Crippen LogP contribution is -2.39. The van der Waals surface area contributed by atoms with Crippen molar-refractivity contribution in [3.05, 3.63) is 47.3 Å². The second-order valence-corrected chi connectivity index (χ2v) is 8.48. The molecular weight excluding hydrogens is 350 g/mol. The molecule has 0 bridgehead atoms. The van der Waals surface area contributed by atoms with Gasteiger partial charge < -0.3 is 10.6 Å². The van der Waals surface area contributed by atoms with Gasteiger partial charge in [-0.3, -0.25) is 0 Å². The average Bonchev–Trinajstić information content (AvgIpc) is 2.90. The number of aliphatic imine (C=N–C) groups is 1. The molecule has 0 fully saturated rings. The minimum Gasteiger partial charge on any atom is -0.357 e. The Morgan fingerprint density at radius 1 is 1.23 bits per heavy atom. The highest BCUT2D eigenvalue weighted by Crippen LogP contribution is 2.17. The van der Waals surface area contributed by atoms with Crippen LogP contribution in [0.2, 0.25) is 0 Å². The number of hydrogen-bond donors (Lipinski definition) is 2. The largest absolute Gasteiger partial charge is 0.357 e. The van der Waals surface area contributed by atoms with Crippen molar-refractivity contribution in [3.63, 3.8) is 0 Å². The molecule has 2 N–H and O–H groups in total. The maximum absolute atomic E-state index is 11.3. The van der Waals surface area contributed by atoms with E-state index in [1.165, 1.54) is 6.26 Å². The molecule has 2 aromatic rings. The van der Waals surface area contributed by atoms with Gasteiger partial charge in [0.1, 0.15) is 9.84 Å². The molecular formula is C18H27N5O2S. The summed E-state index contributed by atoms with van der Waals surface area (Å²) in [5.41, 5.74) is 4.07. The molecule has 1 aromatic carbocycles. The minimum atomic E-state index is -3.00. The summed E-state index contributed by atoms with van der Waals surface area (Å²) in [5, 5.41) is 10.7. The van der Waals surface area contributed by atoms with Crippen LogP contribution < -0.4 is 10.6 Å². The van der Waals surface area contributed by atoms with Gasteiger partial charge in [0.25, 0.3) is 0 Å². The van der Waals surface area contributed by atoms with Crippen LogP contribution in [0.25, 0.3) is 5.69 Å². The maximum Gasteiger partial charge on any atom is 0.191 e. The maximum atomic E-state index is 11.3. The van der Waals surface area contributed by atoms with Crippen LogP contribution in [-0.4, -0.2) is 49.3 Å². The van der Waals surface area contributed by atoms with Crippen molar-refractivity contribution in [2.75, 3.05) is 25.1 Å². The predicted molar refractivity (Wildman–Crippen MR) is 106 cm³/mol. The molecule has 0 unspecified atom stereocenters. The second kappa shape index (κ2) is 8.84. The first-order chi connectivity index (χ1) is 12.3. The molecule has 8 heteroatoms. The van der Waals surface area contributed by atoms with E-state index in [9.17, 15) is 8.42 Å². The second-order valence-electron chi connectivity index (χ2n) is 6.22. The van der Waals surface area contributed by atoms with Crippen LogP contribution >= 0.6 is 0 Å². The summed E-state index contributed by atoms with van der Waals surface area (Å²) < 4.78 is 24.5. The number of nitrogens with one attached hydrogen (secondary N) is 2. The van der Waals surface area contributed by atoms with Crippen LogP contribution in [0.1, 0.15) is 23.9 Å². The van der Waals surface area contributed by atoms with E-state index in [0.717, 1.165) is 22.6 Å². The fourth-order valence-electron chi connectivity index (χ4n) is 2.58. The zero-order valence-corrected chi connectivity index (χ0v) is 16.6.